The maximum atomic E-state index is 12.0. The van der Waals surface area contributed by atoms with E-state index >= 15 is 0 Å². The van der Waals surface area contributed by atoms with Crippen LogP contribution in [0.3, 0.4) is 0 Å². The van der Waals surface area contributed by atoms with E-state index in [0.29, 0.717) is 5.76 Å². The van der Waals surface area contributed by atoms with E-state index < -0.39 is 17.4 Å². The first-order valence-electron chi connectivity index (χ1n) is 6.90. The lowest BCUT2D eigenvalue weighted by molar-refractivity contribution is -0.149. The maximum Gasteiger partial charge on any atom is 0.309 e. The zero-order chi connectivity index (χ0) is 16.0. The summed E-state index contributed by atoms with van der Waals surface area (Å²) in [4.78, 5) is 23.1. The summed E-state index contributed by atoms with van der Waals surface area (Å²) in [6, 6.07) is 3.23. The number of carboxylic acids is 1. The molecule has 1 atom stereocenters. The molecule has 0 saturated carbocycles. The molecule has 1 rings (SSSR count). The van der Waals surface area contributed by atoms with Crippen LogP contribution in [-0.2, 0) is 20.7 Å². The SMILES string of the molecule is CCc1ccc(C(COC)NC(=O)CC(C)(C)C(=O)O)o1. The van der Waals surface area contributed by atoms with E-state index in [2.05, 4.69) is 5.32 Å². The van der Waals surface area contributed by atoms with Crippen molar-refractivity contribution >= 4 is 11.9 Å². The molecule has 1 amide bonds. The summed E-state index contributed by atoms with van der Waals surface area (Å²) in [7, 11) is 1.53. The van der Waals surface area contributed by atoms with Crippen LogP contribution in [0.15, 0.2) is 16.5 Å². The van der Waals surface area contributed by atoms with Gasteiger partial charge in [0.05, 0.1) is 12.0 Å². The van der Waals surface area contributed by atoms with Crippen molar-refractivity contribution < 1.29 is 23.8 Å². The molecule has 1 aromatic heterocycles. The van der Waals surface area contributed by atoms with Crippen molar-refractivity contribution in [2.45, 2.75) is 39.7 Å². The number of amides is 1. The fraction of sp³-hybridized carbons (Fsp3) is 0.600. The third-order valence-corrected chi connectivity index (χ3v) is 3.22. The highest BCUT2D eigenvalue weighted by atomic mass is 16.5. The molecule has 0 aliphatic rings. The van der Waals surface area contributed by atoms with Gasteiger partial charge in [-0.3, -0.25) is 9.59 Å². The first-order valence-corrected chi connectivity index (χ1v) is 6.90. The molecular formula is C15H23NO5. The van der Waals surface area contributed by atoms with Gasteiger partial charge in [0, 0.05) is 20.0 Å². The normalized spacial score (nSPS) is 13.0. The summed E-state index contributed by atoms with van der Waals surface area (Å²) in [6.45, 7) is 5.27. The van der Waals surface area contributed by atoms with Gasteiger partial charge in [-0.15, -0.1) is 0 Å². The van der Waals surface area contributed by atoms with Crippen molar-refractivity contribution in [2.75, 3.05) is 13.7 Å². The van der Waals surface area contributed by atoms with E-state index in [0.717, 1.165) is 12.2 Å². The minimum Gasteiger partial charge on any atom is -0.481 e. The van der Waals surface area contributed by atoms with Crippen LogP contribution in [-0.4, -0.2) is 30.7 Å². The lowest BCUT2D eigenvalue weighted by Crippen LogP contribution is -2.36. The molecule has 0 saturated heterocycles. The van der Waals surface area contributed by atoms with Crippen molar-refractivity contribution in [3.8, 4) is 0 Å². The Bertz CT molecular complexity index is 492. The number of ether oxygens (including phenoxy) is 1. The minimum absolute atomic E-state index is 0.107. The Morgan fingerprint density at radius 3 is 2.57 bits per heavy atom. The van der Waals surface area contributed by atoms with Crippen LogP contribution in [0.5, 0.6) is 0 Å². The van der Waals surface area contributed by atoms with Crippen molar-refractivity contribution in [1.82, 2.24) is 5.32 Å². The van der Waals surface area contributed by atoms with Gasteiger partial charge >= 0.3 is 5.97 Å². The molecular weight excluding hydrogens is 274 g/mol. The van der Waals surface area contributed by atoms with Gasteiger partial charge in [0.25, 0.3) is 0 Å². The van der Waals surface area contributed by atoms with E-state index in [-0.39, 0.29) is 18.9 Å². The predicted molar refractivity (Wildman–Crippen MR) is 76.9 cm³/mol. The number of nitrogens with one attached hydrogen (secondary N) is 1. The standard InChI is InChI=1S/C15H23NO5/c1-5-10-6-7-12(21-10)11(9-20-4)16-13(17)8-15(2,3)14(18)19/h6-7,11H,5,8-9H2,1-4H3,(H,16,17)(H,18,19). The molecule has 2 N–H and O–H groups in total. The summed E-state index contributed by atoms with van der Waals surface area (Å²) in [5.41, 5.74) is -1.11. The van der Waals surface area contributed by atoms with E-state index in [1.165, 1.54) is 21.0 Å². The fourth-order valence-corrected chi connectivity index (χ4v) is 1.86. The monoisotopic (exact) mass is 297 g/mol. The average Bonchev–Trinajstić information content (AvgIpc) is 2.86. The number of hydrogen-bond donors (Lipinski definition) is 2. The molecule has 0 radical (unpaired) electrons. The number of carbonyl (C=O) groups is 2. The van der Waals surface area contributed by atoms with Gasteiger partial charge in [-0.25, -0.2) is 0 Å². The molecule has 0 aliphatic carbocycles. The quantitative estimate of drug-likeness (QED) is 0.767. The zero-order valence-corrected chi connectivity index (χ0v) is 12.9. The first-order chi connectivity index (χ1) is 9.80. The van der Waals surface area contributed by atoms with Crippen molar-refractivity contribution in [3.63, 3.8) is 0 Å². The summed E-state index contributed by atoms with van der Waals surface area (Å²) < 4.78 is 10.7. The lowest BCUT2D eigenvalue weighted by Gasteiger charge is -2.21. The summed E-state index contributed by atoms with van der Waals surface area (Å²) in [5.74, 6) is 0.0764. The largest absolute Gasteiger partial charge is 0.481 e. The third-order valence-electron chi connectivity index (χ3n) is 3.22. The van der Waals surface area contributed by atoms with Gasteiger partial charge in [0.2, 0.25) is 5.91 Å². The Balaban J connectivity index is 2.74. The lowest BCUT2D eigenvalue weighted by atomic mass is 9.89. The Morgan fingerprint density at radius 2 is 2.10 bits per heavy atom. The van der Waals surface area contributed by atoms with E-state index in [9.17, 15) is 9.59 Å². The second-order valence-corrected chi connectivity index (χ2v) is 5.60. The zero-order valence-electron chi connectivity index (χ0n) is 12.9. The Morgan fingerprint density at radius 1 is 1.43 bits per heavy atom. The fourth-order valence-electron chi connectivity index (χ4n) is 1.86. The van der Waals surface area contributed by atoms with Crippen LogP contribution in [0.1, 0.15) is 44.8 Å². The number of carbonyl (C=O) groups excluding carboxylic acids is 1. The molecule has 21 heavy (non-hydrogen) atoms. The van der Waals surface area contributed by atoms with Crippen LogP contribution >= 0.6 is 0 Å². The molecule has 0 aromatic carbocycles. The highest BCUT2D eigenvalue weighted by Crippen LogP contribution is 2.22. The molecule has 0 spiro atoms. The van der Waals surface area contributed by atoms with Gasteiger partial charge in [-0.1, -0.05) is 6.92 Å². The molecule has 1 aromatic rings. The average molecular weight is 297 g/mol. The van der Waals surface area contributed by atoms with Crippen LogP contribution in [0, 0.1) is 5.41 Å². The summed E-state index contributed by atoms with van der Waals surface area (Å²) in [5, 5.41) is 11.8. The Hall–Kier alpha value is -1.82. The number of carboxylic acid groups (broad SMARTS) is 1. The first kappa shape index (κ1) is 17.2. The molecule has 6 heteroatoms. The second kappa shape index (κ2) is 7.26. The third kappa shape index (κ3) is 4.90. The van der Waals surface area contributed by atoms with Gasteiger partial charge < -0.3 is 19.6 Å². The van der Waals surface area contributed by atoms with Crippen molar-refractivity contribution in [1.29, 1.82) is 0 Å². The number of aryl methyl sites for hydroxylation is 1. The van der Waals surface area contributed by atoms with Gasteiger partial charge in [-0.05, 0) is 26.0 Å². The Labute approximate surface area is 124 Å². The molecule has 0 aliphatic heterocycles. The molecule has 1 unspecified atom stereocenters. The molecule has 0 fully saturated rings. The van der Waals surface area contributed by atoms with Crippen LogP contribution in [0.4, 0.5) is 0 Å². The highest BCUT2D eigenvalue weighted by Gasteiger charge is 2.31. The Kier molecular flexibility index (Phi) is 5.96. The number of furan rings is 1. The van der Waals surface area contributed by atoms with Crippen LogP contribution in [0.25, 0.3) is 0 Å². The van der Waals surface area contributed by atoms with Crippen molar-refractivity contribution in [3.05, 3.63) is 23.7 Å². The highest BCUT2D eigenvalue weighted by molar-refractivity contribution is 5.84. The van der Waals surface area contributed by atoms with E-state index in [4.69, 9.17) is 14.3 Å². The molecule has 118 valence electrons. The molecule has 6 nitrogen and oxygen atoms in total. The van der Waals surface area contributed by atoms with Crippen LogP contribution in [0.2, 0.25) is 0 Å². The van der Waals surface area contributed by atoms with E-state index in [1.54, 1.807) is 6.07 Å². The smallest absolute Gasteiger partial charge is 0.309 e. The summed E-state index contributed by atoms with van der Waals surface area (Å²) >= 11 is 0. The van der Waals surface area contributed by atoms with Gasteiger partial charge in [0.1, 0.15) is 17.6 Å². The molecule has 0 bridgehead atoms. The van der Waals surface area contributed by atoms with Gasteiger partial charge in [-0.2, -0.15) is 0 Å². The number of rotatable bonds is 8. The summed E-state index contributed by atoms with van der Waals surface area (Å²) in [6.07, 6.45) is 0.656. The predicted octanol–water partition coefficient (Wildman–Crippen LogP) is 2.15. The number of aliphatic carboxylic acids is 1. The van der Waals surface area contributed by atoms with E-state index in [1.807, 2.05) is 13.0 Å². The second-order valence-electron chi connectivity index (χ2n) is 5.60. The molecule has 1 heterocycles. The van der Waals surface area contributed by atoms with Gasteiger partial charge in [0.15, 0.2) is 0 Å². The minimum atomic E-state index is -1.11. The number of methoxy groups -OCH3 is 1. The number of hydrogen-bond acceptors (Lipinski definition) is 4. The topological polar surface area (TPSA) is 88.8 Å². The van der Waals surface area contributed by atoms with Crippen LogP contribution < -0.4 is 5.32 Å². The van der Waals surface area contributed by atoms with Crippen molar-refractivity contribution in [2.24, 2.45) is 5.41 Å². The maximum absolute atomic E-state index is 12.0.